The molecule has 0 bridgehead atoms. The summed E-state index contributed by atoms with van der Waals surface area (Å²) in [7, 11) is 3.06. The Morgan fingerprint density at radius 2 is 1.60 bits per heavy atom. The van der Waals surface area contributed by atoms with Gasteiger partial charge in [0, 0.05) is 86.0 Å². The number of carbonyl (C=O) groups is 2. The molecule has 1 aromatic heterocycles. The Kier molecular flexibility index (Phi) is 11.5. The minimum atomic E-state index is -4.66. The van der Waals surface area contributed by atoms with Crippen LogP contribution in [0.1, 0.15) is 24.8 Å². The lowest BCUT2D eigenvalue weighted by Crippen LogP contribution is -2.46. The summed E-state index contributed by atoms with van der Waals surface area (Å²) in [6.45, 7) is 4.27. The Hall–Kier alpha value is -5.28. The fraction of sp³-hybridized carbons (Fsp3) is 0.378. The molecule has 3 aromatic carbocycles. The Morgan fingerprint density at radius 1 is 0.885 bits per heavy atom. The predicted octanol–water partition coefficient (Wildman–Crippen LogP) is 6.51. The smallest absolute Gasteiger partial charge is 0.418 e. The SMILES string of the molecule is COc1cc2nccc(Oc3cccc(NC(=O)Nc4ccc(N5CCC(NC(=O)CCN6CCOCC6)CC5)c(C(F)(F)F)c4)c3)c2cc1OC. The first-order chi connectivity index (χ1) is 25.1. The molecule has 3 amide bonds. The van der Waals surface area contributed by atoms with Crippen molar-refractivity contribution in [3.05, 3.63) is 72.4 Å². The number of anilines is 3. The number of aromatic nitrogens is 1. The van der Waals surface area contributed by atoms with Crippen molar-refractivity contribution < 1.29 is 41.7 Å². The van der Waals surface area contributed by atoms with Gasteiger partial charge in [-0.15, -0.1) is 0 Å². The Morgan fingerprint density at radius 3 is 2.31 bits per heavy atom. The first-order valence-corrected chi connectivity index (χ1v) is 17.0. The van der Waals surface area contributed by atoms with E-state index < -0.39 is 17.8 Å². The van der Waals surface area contributed by atoms with Crippen LogP contribution in [0.5, 0.6) is 23.0 Å². The second-order valence-corrected chi connectivity index (χ2v) is 12.5. The van der Waals surface area contributed by atoms with E-state index in [4.69, 9.17) is 18.9 Å². The van der Waals surface area contributed by atoms with Crippen molar-refractivity contribution in [2.75, 3.05) is 75.7 Å². The quantitative estimate of drug-likeness (QED) is 0.159. The normalized spacial score (nSPS) is 15.6. The van der Waals surface area contributed by atoms with Gasteiger partial charge in [0.2, 0.25) is 5.91 Å². The molecular weight excluding hydrogens is 681 g/mol. The molecule has 2 aliphatic heterocycles. The van der Waals surface area contributed by atoms with Crippen LogP contribution in [0.3, 0.4) is 0 Å². The number of hydrogen-bond acceptors (Lipinski definition) is 9. The summed E-state index contributed by atoms with van der Waals surface area (Å²) in [5.74, 6) is 1.86. The number of nitrogens with one attached hydrogen (secondary N) is 3. The Labute approximate surface area is 299 Å². The maximum atomic E-state index is 14.3. The van der Waals surface area contributed by atoms with Gasteiger partial charge in [0.05, 0.1) is 38.5 Å². The van der Waals surface area contributed by atoms with Crippen molar-refractivity contribution in [2.45, 2.75) is 31.5 Å². The summed E-state index contributed by atoms with van der Waals surface area (Å²) in [6.07, 6.45) is -1.66. The number of urea groups is 1. The molecule has 2 aliphatic rings. The number of nitrogens with zero attached hydrogens (tertiary/aromatic N) is 3. The van der Waals surface area contributed by atoms with Crippen LogP contribution < -0.4 is 35.1 Å². The van der Waals surface area contributed by atoms with E-state index in [2.05, 4.69) is 25.8 Å². The second kappa shape index (κ2) is 16.4. The maximum absolute atomic E-state index is 14.3. The van der Waals surface area contributed by atoms with Crippen molar-refractivity contribution >= 4 is 39.9 Å². The highest BCUT2D eigenvalue weighted by Crippen LogP contribution is 2.40. The number of piperidine rings is 1. The number of morpholine rings is 1. The number of methoxy groups -OCH3 is 2. The predicted molar refractivity (Wildman–Crippen MR) is 191 cm³/mol. The van der Waals surface area contributed by atoms with Gasteiger partial charge >= 0.3 is 12.2 Å². The largest absolute Gasteiger partial charge is 0.493 e. The number of amides is 3. The molecule has 0 spiro atoms. The zero-order valence-corrected chi connectivity index (χ0v) is 28.9. The summed E-state index contributed by atoms with van der Waals surface area (Å²) < 4.78 is 65.1. The van der Waals surface area contributed by atoms with Crippen LogP contribution in [-0.4, -0.2) is 88.0 Å². The van der Waals surface area contributed by atoms with Crippen molar-refractivity contribution in [3.63, 3.8) is 0 Å². The van der Waals surface area contributed by atoms with Crippen molar-refractivity contribution in [3.8, 4) is 23.0 Å². The molecule has 12 nitrogen and oxygen atoms in total. The second-order valence-electron chi connectivity index (χ2n) is 12.5. The molecule has 6 rings (SSSR count). The van der Waals surface area contributed by atoms with Gasteiger partial charge in [0.15, 0.2) is 11.5 Å². The van der Waals surface area contributed by atoms with Gasteiger partial charge in [-0.05, 0) is 55.3 Å². The zero-order valence-electron chi connectivity index (χ0n) is 28.9. The number of halogens is 3. The highest BCUT2D eigenvalue weighted by atomic mass is 19.4. The van der Waals surface area contributed by atoms with E-state index in [9.17, 15) is 22.8 Å². The van der Waals surface area contributed by atoms with Crippen LogP contribution in [0, 0.1) is 0 Å². The zero-order chi connectivity index (χ0) is 36.7. The van der Waals surface area contributed by atoms with E-state index in [0.29, 0.717) is 91.7 Å². The van der Waals surface area contributed by atoms with Crippen LogP contribution in [0.2, 0.25) is 0 Å². The molecule has 3 heterocycles. The third-order valence-electron chi connectivity index (χ3n) is 9.05. The maximum Gasteiger partial charge on any atom is 0.418 e. The number of carbonyl (C=O) groups excluding carboxylic acids is 2. The van der Waals surface area contributed by atoms with E-state index in [1.54, 1.807) is 53.6 Å². The lowest BCUT2D eigenvalue weighted by molar-refractivity contribution is -0.137. The first kappa shape index (κ1) is 36.5. The molecule has 0 aliphatic carbocycles. The number of pyridine rings is 1. The summed E-state index contributed by atoms with van der Waals surface area (Å²) in [6, 6.07) is 14.7. The molecule has 52 heavy (non-hydrogen) atoms. The lowest BCUT2D eigenvalue weighted by atomic mass is 10.0. The molecule has 2 saturated heterocycles. The van der Waals surface area contributed by atoms with Gasteiger partial charge in [-0.25, -0.2) is 4.79 Å². The van der Waals surface area contributed by atoms with Crippen LogP contribution >= 0.6 is 0 Å². The average Bonchev–Trinajstić information content (AvgIpc) is 3.14. The highest BCUT2D eigenvalue weighted by molar-refractivity contribution is 6.00. The standard InChI is InChI=1S/C37H41F3N6O6/c1-49-33-22-28-30(23-34(33)50-2)41-12-8-32(28)52-27-5-3-4-25(20-27)43-36(48)44-26-6-7-31(29(21-26)37(38,39)40)46-14-9-24(10-15-46)42-35(47)11-13-45-16-18-51-19-17-45/h3-8,12,20-24H,9-11,13-19H2,1-2H3,(H,42,47)(H2,43,44,48). The Balaban J connectivity index is 1.06. The van der Waals surface area contributed by atoms with Gasteiger partial charge in [-0.1, -0.05) is 6.07 Å². The summed E-state index contributed by atoms with van der Waals surface area (Å²) in [4.78, 5) is 33.7. The molecule has 3 N–H and O–H groups in total. The van der Waals surface area contributed by atoms with Gasteiger partial charge in [-0.3, -0.25) is 14.7 Å². The summed E-state index contributed by atoms with van der Waals surface area (Å²) in [5.41, 5.74) is 0.136. The molecule has 0 atom stereocenters. The summed E-state index contributed by atoms with van der Waals surface area (Å²) >= 11 is 0. The topological polar surface area (TPSA) is 127 Å². The van der Waals surface area contributed by atoms with E-state index in [1.807, 2.05) is 0 Å². The molecule has 0 radical (unpaired) electrons. The number of fused-ring (bicyclic) bond motifs is 1. The number of rotatable bonds is 11. The van der Waals surface area contributed by atoms with E-state index in [0.717, 1.165) is 19.2 Å². The third kappa shape index (κ3) is 9.14. The van der Waals surface area contributed by atoms with Crippen molar-refractivity contribution in [1.29, 1.82) is 0 Å². The molecule has 15 heteroatoms. The van der Waals surface area contributed by atoms with Crippen LogP contribution in [-0.2, 0) is 15.7 Å². The van der Waals surface area contributed by atoms with Gasteiger partial charge < -0.3 is 39.8 Å². The Bertz CT molecular complexity index is 1880. The summed E-state index contributed by atoms with van der Waals surface area (Å²) in [5, 5.41) is 8.88. The number of ether oxygens (including phenoxy) is 4. The minimum Gasteiger partial charge on any atom is -0.493 e. The average molecular weight is 723 g/mol. The van der Waals surface area contributed by atoms with E-state index in [-0.39, 0.29) is 23.3 Å². The number of hydrogen-bond donors (Lipinski definition) is 3. The highest BCUT2D eigenvalue weighted by Gasteiger charge is 2.36. The van der Waals surface area contributed by atoms with Crippen LogP contribution in [0.25, 0.3) is 10.9 Å². The first-order valence-electron chi connectivity index (χ1n) is 17.0. The fourth-order valence-corrected chi connectivity index (χ4v) is 6.36. The molecule has 2 fully saturated rings. The molecule has 0 unspecified atom stereocenters. The van der Waals surface area contributed by atoms with Gasteiger partial charge in [0.25, 0.3) is 0 Å². The number of alkyl halides is 3. The molecule has 276 valence electrons. The lowest BCUT2D eigenvalue weighted by Gasteiger charge is -2.35. The van der Waals surface area contributed by atoms with Crippen LogP contribution in [0.15, 0.2) is 66.9 Å². The molecular formula is C37H41F3N6O6. The minimum absolute atomic E-state index is 0.0176. The van der Waals surface area contributed by atoms with Crippen molar-refractivity contribution in [2.24, 2.45) is 0 Å². The fourth-order valence-electron chi connectivity index (χ4n) is 6.36. The monoisotopic (exact) mass is 722 g/mol. The number of benzene rings is 3. The van der Waals surface area contributed by atoms with Crippen molar-refractivity contribution in [1.82, 2.24) is 15.2 Å². The third-order valence-corrected chi connectivity index (χ3v) is 9.05. The van der Waals surface area contributed by atoms with E-state index in [1.165, 1.54) is 26.4 Å². The molecule has 0 saturated carbocycles. The van der Waals surface area contributed by atoms with Gasteiger partial charge in [-0.2, -0.15) is 13.2 Å². The van der Waals surface area contributed by atoms with Gasteiger partial charge in [0.1, 0.15) is 11.5 Å². The van der Waals surface area contributed by atoms with E-state index >= 15 is 0 Å². The molecule has 4 aromatic rings. The van der Waals surface area contributed by atoms with Crippen LogP contribution in [0.4, 0.5) is 35.0 Å².